The third kappa shape index (κ3) is 3.46. The molecule has 1 aromatic heterocycles. The van der Waals surface area contributed by atoms with Gasteiger partial charge in [0.2, 0.25) is 0 Å². The lowest BCUT2D eigenvalue weighted by Crippen LogP contribution is -2.04. The van der Waals surface area contributed by atoms with Crippen LogP contribution in [0.5, 0.6) is 0 Å². The minimum Gasteiger partial charge on any atom is -0.374 e. The van der Waals surface area contributed by atoms with Crippen molar-refractivity contribution >= 4 is 17.4 Å². The summed E-state index contributed by atoms with van der Waals surface area (Å²) in [4.78, 5) is 8.90. The number of nitrogens with zero attached hydrogens (tertiary/aromatic N) is 2. The van der Waals surface area contributed by atoms with E-state index < -0.39 is 0 Å². The molecular formula is C15H18ClN3O. The monoisotopic (exact) mass is 291 g/mol. The highest BCUT2D eigenvalue weighted by Gasteiger charge is 2.07. The molecule has 2 aromatic rings. The van der Waals surface area contributed by atoms with E-state index in [2.05, 4.69) is 15.3 Å². The van der Waals surface area contributed by atoms with Gasteiger partial charge in [0.05, 0.1) is 5.69 Å². The Hall–Kier alpha value is -1.65. The van der Waals surface area contributed by atoms with Crippen LogP contribution in [0, 0.1) is 6.92 Å². The Balaban J connectivity index is 2.41. The maximum atomic E-state index is 6.18. The quantitative estimate of drug-likeness (QED) is 0.913. The van der Waals surface area contributed by atoms with Crippen LogP contribution in [0.4, 0.5) is 5.82 Å². The van der Waals surface area contributed by atoms with Crippen molar-refractivity contribution in [1.29, 1.82) is 0 Å². The number of anilines is 1. The SMILES string of the molecule is CCOCc1nc(NC)cc(-c2ccc(C)c(Cl)c2)n1. The second-order valence-corrected chi connectivity index (χ2v) is 4.81. The molecule has 0 bridgehead atoms. The number of hydrogen-bond donors (Lipinski definition) is 1. The Morgan fingerprint density at radius 3 is 2.70 bits per heavy atom. The van der Waals surface area contributed by atoms with E-state index in [1.54, 1.807) is 0 Å². The molecule has 0 saturated heterocycles. The molecule has 0 radical (unpaired) electrons. The van der Waals surface area contributed by atoms with Gasteiger partial charge in [-0.3, -0.25) is 0 Å². The zero-order valence-corrected chi connectivity index (χ0v) is 12.7. The van der Waals surface area contributed by atoms with Crippen LogP contribution in [0.2, 0.25) is 5.02 Å². The maximum Gasteiger partial charge on any atom is 0.157 e. The van der Waals surface area contributed by atoms with Gasteiger partial charge < -0.3 is 10.1 Å². The van der Waals surface area contributed by atoms with E-state index in [9.17, 15) is 0 Å². The van der Waals surface area contributed by atoms with Crippen LogP contribution in [0.15, 0.2) is 24.3 Å². The maximum absolute atomic E-state index is 6.18. The van der Waals surface area contributed by atoms with Gasteiger partial charge in [0.15, 0.2) is 5.82 Å². The van der Waals surface area contributed by atoms with Crippen LogP contribution < -0.4 is 5.32 Å². The minimum absolute atomic E-state index is 0.401. The predicted octanol–water partition coefficient (Wildman–Crippen LogP) is 3.68. The number of hydrogen-bond acceptors (Lipinski definition) is 4. The summed E-state index contributed by atoms with van der Waals surface area (Å²) in [7, 11) is 1.83. The molecular weight excluding hydrogens is 274 g/mol. The molecule has 0 unspecified atom stereocenters. The van der Waals surface area contributed by atoms with Gasteiger partial charge in [-0.05, 0) is 25.5 Å². The van der Waals surface area contributed by atoms with Crippen LogP contribution in [0.1, 0.15) is 18.3 Å². The van der Waals surface area contributed by atoms with E-state index >= 15 is 0 Å². The topological polar surface area (TPSA) is 47.0 Å². The summed E-state index contributed by atoms with van der Waals surface area (Å²) in [6.45, 7) is 4.96. The van der Waals surface area contributed by atoms with Crippen molar-refractivity contribution in [3.05, 3.63) is 40.7 Å². The van der Waals surface area contributed by atoms with E-state index in [1.165, 1.54) is 0 Å². The summed E-state index contributed by atoms with van der Waals surface area (Å²) in [5.41, 5.74) is 2.85. The Morgan fingerprint density at radius 2 is 2.05 bits per heavy atom. The highest BCUT2D eigenvalue weighted by atomic mass is 35.5. The number of nitrogens with one attached hydrogen (secondary N) is 1. The normalized spacial score (nSPS) is 10.6. The molecule has 0 saturated carbocycles. The van der Waals surface area contributed by atoms with E-state index in [0.29, 0.717) is 19.0 Å². The second kappa shape index (κ2) is 6.68. The molecule has 2 rings (SSSR count). The molecule has 20 heavy (non-hydrogen) atoms. The van der Waals surface area contributed by atoms with Crippen LogP contribution in [-0.2, 0) is 11.3 Å². The first-order chi connectivity index (χ1) is 9.63. The minimum atomic E-state index is 0.401. The fraction of sp³-hybridized carbons (Fsp3) is 0.333. The third-order valence-corrected chi connectivity index (χ3v) is 3.34. The summed E-state index contributed by atoms with van der Waals surface area (Å²) >= 11 is 6.18. The van der Waals surface area contributed by atoms with Crippen LogP contribution in [0.25, 0.3) is 11.3 Å². The van der Waals surface area contributed by atoms with Crippen molar-refractivity contribution in [2.75, 3.05) is 19.0 Å². The molecule has 0 atom stereocenters. The highest BCUT2D eigenvalue weighted by molar-refractivity contribution is 6.31. The average Bonchev–Trinajstić information content (AvgIpc) is 2.47. The smallest absolute Gasteiger partial charge is 0.157 e. The summed E-state index contributed by atoms with van der Waals surface area (Å²) in [6, 6.07) is 7.81. The highest BCUT2D eigenvalue weighted by Crippen LogP contribution is 2.25. The first kappa shape index (κ1) is 14.8. The van der Waals surface area contributed by atoms with E-state index in [-0.39, 0.29) is 0 Å². The second-order valence-electron chi connectivity index (χ2n) is 4.41. The summed E-state index contributed by atoms with van der Waals surface area (Å²) < 4.78 is 5.37. The summed E-state index contributed by atoms with van der Waals surface area (Å²) in [5.74, 6) is 1.42. The molecule has 1 heterocycles. The molecule has 0 aliphatic heterocycles. The fourth-order valence-electron chi connectivity index (χ4n) is 1.78. The zero-order valence-electron chi connectivity index (χ0n) is 11.9. The average molecular weight is 292 g/mol. The van der Waals surface area contributed by atoms with Gasteiger partial charge >= 0.3 is 0 Å². The van der Waals surface area contributed by atoms with E-state index in [0.717, 1.165) is 27.7 Å². The first-order valence-corrected chi connectivity index (χ1v) is 6.91. The number of aromatic nitrogens is 2. The lowest BCUT2D eigenvalue weighted by atomic mass is 10.1. The Kier molecular flexibility index (Phi) is 4.93. The van der Waals surface area contributed by atoms with Crippen LogP contribution in [0.3, 0.4) is 0 Å². The van der Waals surface area contributed by atoms with Crippen LogP contribution in [-0.4, -0.2) is 23.6 Å². The first-order valence-electron chi connectivity index (χ1n) is 6.54. The van der Waals surface area contributed by atoms with Gasteiger partial charge in [0.1, 0.15) is 12.4 Å². The van der Waals surface area contributed by atoms with Crippen LogP contribution >= 0.6 is 11.6 Å². The van der Waals surface area contributed by atoms with Crippen molar-refractivity contribution in [2.24, 2.45) is 0 Å². The van der Waals surface area contributed by atoms with Gasteiger partial charge in [-0.25, -0.2) is 9.97 Å². The molecule has 0 spiro atoms. The standard InChI is InChI=1S/C15H18ClN3O/c1-4-20-9-15-18-13(8-14(17-3)19-15)11-6-5-10(2)12(16)7-11/h5-8H,4,9H2,1-3H3,(H,17,18,19). The van der Waals surface area contributed by atoms with E-state index in [1.807, 2.05) is 45.2 Å². The van der Waals surface area contributed by atoms with Crippen molar-refractivity contribution in [3.63, 3.8) is 0 Å². The molecule has 106 valence electrons. The number of rotatable bonds is 5. The lowest BCUT2D eigenvalue weighted by molar-refractivity contribution is 0.128. The molecule has 0 aliphatic carbocycles. The fourth-order valence-corrected chi connectivity index (χ4v) is 1.96. The number of aryl methyl sites for hydroxylation is 1. The molecule has 0 amide bonds. The van der Waals surface area contributed by atoms with Gasteiger partial charge in [0.25, 0.3) is 0 Å². The Morgan fingerprint density at radius 1 is 1.25 bits per heavy atom. The van der Waals surface area contributed by atoms with Crippen molar-refractivity contribution in [2.45, 2.75) is 20.5 Å². The molecule has 0 aliphatic rings. The van der Waals surface area contributed by atoms with Crippen molar-refractivity contribution < 1.29 is 4.74 Å². The molecule has 1 N–H and O–H groups in total. The predicted molar refractivity (Wildman–Crippen MR) is 82.1 cm³/mol. The lowest BCUT2D eigenvalue weighted by Gasteiger charge is -2.09. The van der Waals surface area contributed by atoms with Gasteiger partial charge in [-0.2, -0.15) is 0 Å². The van der Waals surface area contributed by atoms with Gasteiger partial charge in [-0.15, -0.1) is 0 Å². The number of halogens is 1. The zero-order chi connectivity index (χ0) is 14.5. The Bertz CT molecular complexity index is 602. The van der Waals surface area contributed by atoms with Crippen molar-refractivity contribution in [3.8, 4) is 11.3 Å². The molecule has 4 nitrogen and oxygen atoms in total. The molecule has 0 fully saturated rings. The third-order valence-electron chi connectivity index (χ3n) is 2.93. The largest absolute Gasteiger partial charge is 0.374 e. The Labute approximate surface area is 124 Å². The van der Waals surface area contributed by atoms with Gasteiger partial charge in [-0.1, -0.05) is 23.7 Å². The van der Waals surface area contributed by atoms with E-state index in [4.69, 9.17) is 16.3 Å². The van der Waals surface area contributed by atoms with Crippen molar-refractivity contribution in [1.82, 2.24) is 9.97 Å². The molecule has 1 aromatic carbocycles. The number of benzene rings is 1. The summed E-state index contributed by atoms with van der Waals surface area (Å²) in [5, 5.41) is 3.77. The molecule has 5 heteroatoms. The van der Waals surface area contributed by atoms with Gasteiger partial charge in [0, 0.05) is 30.3 Å². The number of ether oxygens (including phenoxy) is 1. The summed E-state index contributed by atoms with van der Waals surface area (Å²) in [6.07, 6.45) is 0.